The van der Waals surface area contributed by atoms with Crippen LogP contribution in [0.1, 0.15) is 49.7 Å². The lowest BCUT2D eigenvalue weighted by Gasteiger charge is -2.36. The molecular formula is C30H30. The van der Waals surface area contributed by atoms with Crippen LogP contribution in [0.15, 0.2) is 72.3 Å². The first-order valence-electron chi connectivity index (χ1n) is 12.2. The molecular weight excluding hydrogens is 360 g/mol. The van der Waals surface area contributed by atoms with Crippen LogP contribution in [0.2, 0.25) is 0 Å². The van der Waals surface area contributed by atoms with Gasteiger partial charge in [-0.2, -0.15) is 0 Å². The summed E-state index contributed by atoms with van der Waals surface area (Å²) in [4.78, 5) is 0. The monoisotopic (exact) mass is 390 g/mol. The van der Waals surface area contributed by atoms with Gasteiger partial charge in [-0.25, -0.2) is 0 Å². The Bertz CT molecular complexity index is 1030. The molecule has 2 aromatic rings. The fraction of sp³-hybridized carbons (Fsp3) is 0.467. The summed E-state index contributed by atoms with van der Waals surface area (Å²) in [6.45, 7) is 0. The molecule has 150 valence electrons. The molecule has 0 N–H and O–H groups in total. The van der Waals surface area contributed by atoms with E-state index in [9.17, 15) is 0 Å². The van der Waals surface area contributed by atoms with Crippen molar-refractivity contribution in [2.24, 2.45) is 41.4 Å². The zero-order valence-corrected chi connectivity index (χ0v) is 17.6. The molecule has 0 heterocycles. The lowest BCUT2D eigenvalue weighted by molar-refractivity contribution is 0.367. The molecule has 5 aliphatic rings. The van der Waals surface area contributed by atoms with E-state index >= 15 is 0 Å². The van der Waals surface area contributed by atoms with E-state index in [4.69, 9.17) is 0 Å². The average molecular weight is 391 g/mol. The van der Waals surface area contributed by atoms with E-state index in [0.717, 1.165) is 35.5 Å². The van der Waals surface area contributed by atoms with Gasteiger partial charge in [-0.15, -0.1) is 0 Å². The van der Waals surface area contributed by atoms with Crippen LogP contribution in [-0.4, -0.2) is 0 Å². The smallest absolute Gasteiger partial charge is 0.0453 e. The van der Waals surface area contributed by atoms with Gasteiger partial charge in [-0.05, 0) is 97.3 Å². The number of benzene rings is 2. The summed E-state index contributed by atoms with van der Waals surface area (Å²) in [6, 6.07) is 22.3. The highest BCUT2D eigenvalue weighted by Crippen LogP contribution is 2.80. The van der Waals surface area contributed by atoms with Crippen molar-refractivity contribution in [1.29, 1.82) is 0 Å². The predicted octanol–water partition coefficient (Wildman–Crippen LogP) is 6.62. The van der Waals surface area contributed by atoms with Crippen LogP contribution in [0.25, 0.3) is 0 Å². The average Bonchev–Trinajstić information content (AvgIpc) is 3.10. The summed E-state index contributed by atoms with van der Waals surface area (Å²) in [6.07, 6.45) is 11.3. The second-order valence-corrected chi connectivity index (χ2v) is 10.7. The van der Waals surface area contributed by atoms with Crippen LogP contribution in [0.4, 0.5) is 0 Å². The summed E-state index contributed by atoms with van der Waals surface area (Å²) < 4.78 is 0. The second-order valence-electron chi connectivity index (χ2n) is 10.7. The van der Waals surface area contributed by atoms with E-state index in [1.807, 2.05) is 0 Å². The third-order valence-electron chi connectivity index (χ3n) is 9.47. The topological polar surface area (TPSA) is 0 Å². The van der Waals surface area contributed by atoms with Crippen LogP contribution in [0.5, 0.6) is 0 Å². The maximum absolute atomic E-state index is 3.85. The van der Waals surface area contributed by atoms with Gasteiger partial charge < -0.3 is 0 Å². The Hall–Kier alpha value is -2.26. The normalized spacial score (nSPS) is 42.3. The first-order valence-corrected chi connectivity index (χ1v) is 12.2. The van der Waals surface area contributed by atoms with Gasteiger partial charge in [-0.1, -0.05) is 66.4 Å². The van der Waals surface area contributed by atoms with Gasteiger partial charge in [0, 0.05) is 16.9 Å². The molecule has 0 aliphatic heterocycles. The summed E-state index contributed by atoms with van der Waals surface area (Å²) >= 11 is 0. The Morgan fingerprint density at radius 1 is 0.700 bits per heavy atom. The number of hydrogen-bond acceptors (Lipinski definition) is 0. The van der Waals surface area contributed by atoms with Crippen molar-refractivity contribution in [3.63, 3.8) is 0 Å². The Balaban J connectivity index is 1.37. The molecule has 2 aromatic carbocycles. The zero-order valence-electron chi connectivity index (χ0n) is 17.6. The summed E-state index contributed by atoms with van der Waals surface area (Å²) in [5, 5.41) is 0. The third kappa shape index (κ3) is 2.30. The molecule has 4 saturated carbocycles. The molecule has 30 heavy (non-hydrogen) atoms. The number of hydrogen-bond donors (Lipinski definition) is 0. The van der Waals surface area contributed by atoms with Gasteiger partial charge in [0.2, 0.25) is 0 Å². The molecule has 7 atom stereocenters. The van der Waals surface area contributed by atoms with Crippen molar-refractivity contribution in [3.8, 4) is 11.8 Å². The zero-order chi connectivity index (χ0) is 19.7. The highest BCUT2D eigenvalue weighted by Gasteiger charge is 2.77. The summed E-state index contributed by atoms with van der Waals surface area (Å²) in [7, 11) is 0. The van der Waals surface area contributed by atoms with E-state index in [0.29, 0.717) is 11.3 Å². The molecule has 0 aromatic heterocycles. The van der Waals surface area contributed by atoms with Gasteiger partial charge in [0.15, 0.2) is 0 Å². The first-order chi connectivity index (χ1) is 14.9. The fourth-order valence-corrected chi connectivity index (χ4v) is 8.52. The predicted molar refractivity (Wildman–Crippen MR) is 122 cm³/mol. The molecule has 0 saturated heterocycles. The minimum atomic E-state index is 0.308. The molecule has 4 bridgehead atoms. The van der Waals surface area contributed by atoms with E-state index in [2.05, 4.69) is 78.6 Å². The minimum Gasteiger partial charge on any atom is -0.0897 e. The maximum Gasteiger partial charge on any atom is 0.0453 e. The van der Waals surface area contributed by atoms with Crippen molar-refractivity contribution in [2.45, 2.75) is 43.9 Å². The van der Waals surface area contributed by atoms with Crippen molar-refractivity contribution < 1.29 is 0 Å². The van der Waals surface area contributed by atoms with Crippen LogP contribution >= 0.6 is 0 Å². The standard InChI is InChI=1S/C30H30/c1-3-7-20(8-4-1)12-16-26-22-13-11-21(17-22)18-27(26)30(25-9-5-2-6-10-25)28-23-14-15-24(19-23)29(28)30/h1-10,18,21-24,26,28-29H,11,13-15,17,19H2. The molecule has 0 nitrogen and oxygen atoms in total. The van der Waals surface area contributed by atoms with Gasteiger partial charge in [-0.3, -0.25) is 0 Å². The Morgan fingerprint density at radius 2 is 1.37 bits per heavy atom. The maximum atomic E-state index is 3.85. The molecule has 7 unspecified atom stereocenters. The molecule has 0 radical (unpaired) electrons. The van der Waals surface area contributed by atoms with Crippen LogP contribution in [0.3, 0.4) is 0 Å². The minimum absolute atomic E-state index is 0.308. The van der Waals surface area contributed by atoms with E-state index in [1.54, 1.807) is 11.1 Å². The van der Waals surface area contributed by atoms with Crippen LogP contribution in [-0.2, 0) is 5.41 Å². The highest BCUT2D eigenvalue weighted by molar-refractivity contribution is 5.54. The van der Waals surface area contributed by atoms with Gasteiger partial charge in [0.05, 0.1) is 0 Å². The third-order valence-corrected chi connectivity index (χ3v) is 9.47. The van der Waals surface area contributed by atoms with Crippen LogP contribution in [0, 0.1) is 53.3 Å². The van der Waals surface area contributed by atoms with Crippen molar-refractivity contribution in [1.82, 2.24) is 0 Å². The summed E-state index contributed by atoms with van der Waals surface area (Å²) in [5.74, 6) is 13.2. The van der Waals surface area contributed by atoms with E-state index in [1.165, 1.54) is 44.1 Å². The fourth-order valence-electron chi connectivity index (χ4n) is 8.52. The molecule has 0 amide bonds. The van der Waals surface area contributed by atoms with Gasteiger partial charge >= 0.3 is 0 Å². The lowest BCUT2D eigenvalue weighted by atomic mass is 9.67. The number of allylic oxidation sites excluding steroid dienone is 2. The number of fused-ring (bicyclic) bond motifs is 7. The largest absolute Gasteiger partial charge is 0.0897 e. The lowest BCUT2D eigenvalue weighted by Crippen LogP contribution is -2.30. The second kappa shape index (κ2) is 6.37. The highest BCUT2D eigenvalue weighted by atomic mass is 14.8. The molecule has 0 heteroatoms. The van der Waals surface area contributed by atoms with Crippen LogP contribution < -0.4 is 0 Å². The summed E-state index contributed by atoms with van der Waals surface area (Å²) in [5.41, 5.74) is 4.84. The van der Waals surface area contributed by atoms with Crippen molar-refractivity contribution in [3.05, 3.63) is 83.4 Å². The number of rotatable bonds is 2. The quantitative estimate of drug-likeness (QED) is 0.399. The molecule has 5 aliphatic carbocycles. The van der Waals surface area contributed by atoms with Crippen molar-refractivity contribution in [2.75, 3.05) is 0 Å². The molecule has 7 rings (SSSR count). The Kier molecular flexibility index (Phi) is 3.70. The van der Waals surface area contributed by atoms with E-state index in [-0.39, 0.29) is 0 Å². The molecule has 0 spiro atoms. The van der Waals surface area contributed by atoms with Crippen molar-refractivity contribution >= 4 is 0 Å². The first kappa shape index (κ1) is 17.4. The van der Waals surface area contributed by atoms with Gasteiger partial charge in [0.25, 0.3) is 0 Å². The molecule has 4 fully saturated rings. The van der Waals surface area contributed by atoms with E-state index < -0.39 is 0 Å². The Labute approximate surface area is 180 Å². The Morgan fingerprint density at radius 3 is 2.10 bits per heavy atom. The SMILES string of the molecule is C(#CC1C(C2(c3ccccc3)C3C4CCC(C4)C32)=CC2CCC1C2)c1ccccc1. The van der Waals surface area contributed by atoms with Gasteiger partial charge in [0.1, 0.15) is 0 Å².